The smallest absolute Gasteiger partial charge is 0.258 e. The fourth-order valence-corrected chi connectivity index (χ4v) is 3.83. The molecule has 158 valence electrons. The molecule has 0 unspecified atom stereocenters. The van der Waals surface area contributed by atoms with E-state index in [0.717, 1.165) is 24.0 Å². The van der Waals surface area contributed by atoms with Gasteiger partial charge in [-0.3, -0.25) is 9.10 Å². The number of hydrogen-bond donors (Lipinski definition) is 1. The number of anilines is 1. The standard InChI is InChI=1S/C22H30N2O4S/c1-5-6-18(3)23-22(25)16-28-21-13-11-20(12-14-21)24(29(4,26)27)15-19-9-7-17(2)8-10-19/h7-14,18H,5-6,15-16H2,1-4H3,(H,23,25)/t18-/m0/s1. The van der Waals surface area contributed by atoms with Crippen molar-refractivity contribution in [2.24, 2.45) is 0 Å². The van der Waals surface area contributed by atoms with Crippen LogP contribution in [-0.2, 0) is 21.4 Å². The van der Waals surface area contributed by atoms with Gasteiger partial charge in [-0.2, -0.15) is 0 Å². The minimum atomic E-state index is -3.46. The molecular formula is C22H30N2O4S. The molecule has 2 aromatic rings. The SMILES string of the molecule is CCC[C@H](C)NC(=O)COc1ccc(N(Cc2ccc(C)cc2)S(C)(=O)=O)cc1. The number of carbonyl (C=O) groups is 1. The maximum absolute atomic E-state index is 12.3. The summed E-state index contributed by atoms with van der Waals surface area (Å²) in [5, 5.41) is 2.88. The molecule has 0 aliphatic carbocycles. The zero-order valence-corrected chi connectivity index (χ0v) is 18.3. The van der Waals surface area contributed by atoms with Gasteiger partial charge in [0.1, 0.15) is 5.75 Å². The van der Waals surface area contributed by atoms with Gasteiger partial charge in [-0.1, -0.05) is 43.2 Å². The van der Waals surface area contributed by atoms with E-state index in [4.69, 9.17) is 4.74 Å². The summed E-state index contributed by atoms with van der Waals surface area (Å²) in [6.07, 6.45) is 3.11. The lowest BCUT2D eigenvalue weighted by molar-refractivity contribution is -0.123. The van der Waals surface area contributed by atoms with Gasteiger partial charge in [-0.25, -0.2) is 8.42 Å². The quantitative estimate of drug-likeness (QED) is 0.639. The van der Waals surface area contributed by atoms with E-state index in [0.29, 0.717) is 11.4 Å². The summed E-state index contributed by atoms with van der Waals surface area (Å²) in [7, 11) is -3.46. The van der Waals surface area contributed by atoms with Gasteiger partial charge in [-0.15, -0.1) is 0 Å². The first-order valence-corrected chi connectivity index (χ1v) is 11.6. The van der Waals surface area contributed by atoms with Crippen LogP contribution >= 0.6 is 0 Å². The van der Waals surface area contributed by atoms with E-state index < -0.39 is 10.0 Å². The number of amides is 1. The second-order valence-corrected chi connectivity index (χ2v) is 9.20. The molecule has 1 N–H and O–H groups in total. The summed E-state index contributed by atoms with van der Waals surface area (Å²) >= 11 is 0. The molecule has 29 heavy (non-hydrogen) atoms. The molecule has 2 aromatic carbocycles. The second-order valence-electron chi connectivity index (χ2n) is 7.30. The highest BCUT2D eigenvalue weighted by Crippen LogP contribution is 2.24. The molecule has 0 bridgehead atoms. The topological polar surface area (TPSA) is 75.7 Å². The predicted molar refractivity (Wildman–Crippen MR) is 117 cm³/mol. The first kappa shape index (κ1) is 22.7. The van der Waals surface area contributed by atoms with Crippen LogP contribution in [0.5, 0.6) is 5.75 Å². The minimum Gasteiger partial charge on any atom is -0.484 e. The van der Waals surface area contributed by atoms with Crippen LogP contribution in [-0.4, -0.2) is 33.2 Å². The van der Waals surface area contributed by atoms with Gasteiger partial charge < -0.3 is 10.1 Å². The Balaban J connectivity index is 2.03. The van der Waals surface area contributed by atoms with Gasteiger partial charge in [0.2, 0.25) is 10.0 Å². The normalized spacial score (nSPS) is 12.3. The zero-order chi connectivity index (χ0) is 21.4. The van der Waals surface area contributed by atoms with E-state index in [1.165, 1.54) is 10.6 Å². The first-order chi connectivity index (χ1) is 13.7. The van der Waals surface area contributed by atoms with E-state index in [-0.39, 0.29) is 25.1 Å². The number of ether oxygens (including phenoxy) is 1. The van der Waals surface area contributed by atoms with Crippen LogP contribution in [0.4, 0.5) is 5.69 Å². The lowest BCUT2D eigenvalue weighted by atomic mass is 10.1. The number of sulfonamides is 1. The summed E-state index contributed by atoms with van der Waals surface area (Å²) < 4.78 is 31.5. The maximum Gasteiger partial charge on any atom is 0.258 e. The van der Waals surface area contributed by atoms with Crippen molar-refractivity contribution >= 4 is 21.6 Å². The predicted octanol–water partition coefficient (Wildman–Crippen LogP) is 3.64. The highest BCUT2D eigenvalue weighted by molar-refractivity contribution is 7.92. The number of nitrogens with zero attached hydrogens (tertiary/aromatic N) is 1. The molecule has 0 fully saturated rings. The summed E-state index contributed by atoms with van der Waals surface area (Å²) in [5.74, 6) is 0.336. The van der Waals surface area contributed by atoms with E-state index in [2.05, 4.69) is 12.2 Å². The third-order valence-corrected chi connectivity index (χ3v) is 5.61. The van der Waals surface area contributed by atoms with Crippen molar-refractivity contribution in [2.45, 2.75) is 46.2 Å². The molecular weight excluding hydrogens is 388 g/mol. The summed E-state index contributed by atoms with van der Waals surface area (Å²) in [4.78, 5) is 11.9. The van der Waals surface area contributed by atoms with Crippen molar-refractivity contribution in [1.82, 2.24) is 5.32 Å². The van der Waals surface area contributed by atoms with Gasteiger partial charge in [0.15, 0.2) is 6.61 Å². The lowest BCUT2D eigenvalue weighted by Crippen LogP contribution is -2.35. The second kappa shape index (κ2) is 10.3. The summed E-state index contributed by atoms with van der Waals surface area (Å²) in [6, 6.07) is 14.6. The fourth-order valence-electron chi connectivity index (χ4n) is 2.94. The Morgan fingerprint density at radius 3 is 2.28 bits per heavy atom. The Morgan fingerprint density at radius 1 is 1.10 bits per heavy atom. The number of hydrogen-bond acceptors (Lipinski definition) is 4. The van der Waals surface area contributed by atoms with Crippen molar-refractivity contribution < 1.29 is 17.9 Å². The molecule has 1 amide bonds. The molecule has 0 spiro atoms. The fraction of sp³-hybridized carbons (Fsp3) is 0.409. The van der Waals surface area contributed by atoms with Crippen molar-refractivity contribution in [3.63, 3.8) is 0 Å². The molecule has 2 rings (SSSR count). The van der Waals surface area contributed by atoms with Gasteiger partial charge in [-0.05, 0) is 50.1 Å². The molecule has 0 aliphatic rings. The van der Waals surface area contributed by atoms with E-state index >= 15 is 0 Å². The molecule has 0 saturated carbocycles. The number of carbonyl (C=O) groups excluding carboxylic acids is 1. The van der Waals surface area contributed by atoms with E-state index in [9.17, 15) is 13.2 Å². The Bertz CT molecular complexity index is 893. The van der Waals surface area contributed by atoms with Gasteiger partial charge in [0.05, 0.1) is 18.5 Å². The van der Waals surface area contributed by atoms with Crippen molar-refractivity contribution in [2.75, 3.05) is 17.2 Å². The summed E-state index contributed by atoms with van der Waals surface area (Å²) in [6.45, 7) is 6.19. The maximum atomic E-state index is 12.3. The molecule has 7 heteroatoms. The van der Waals surface area contributed by atoms with Crippen LogP contribution in [0.25, 0.3) is 0 Å². The number of benzene rings is 2. The van der Waals surface area contributed by atoms with E-state index in [1.807, 2.05) is 38.1 Å². The highest BCUT2D eigenvalue weighted by atomic mass is 32.2. The number of nitrogens with one attached hydrogen (secondary N) is 1. The first-order valence-electron chi connectivity index (χ1n) is 9.74. The van der Waals surface area contributed by atoms with E-state index in [1.54, 1.807) is 24.3 Å². The minimum absolute atomic E-state index is 0.0768. The third kappa shape index (κ3) is 7.42. The Morgan fingerprint density at radius 2 is 1.72 bits per heavy atom. The largest absolute Gasteiger partial charge is 0.484 e. The van der Waals surface area contributed by atoms with Crippen molar-refractivity contribution in [1.29, 1.82) is 0 Å². The zero-order valence-electron chi connectivity index (χ0n) is 17.5. The van der Waals surface area contributed by atoms with Gasteiger partial charge in [0.25, 0.3) is 5.91 Å². The average molecular weight is 419 g/mol. The van der Waals surface area contributed by atoms with Crippen LogP contribution in [0.15, 0.2) is 48.5 Å². The van der Waals surface area contributed by atoms with Crippen molar-refractivity contribution in [3.8, 4) is 5.75 Å². The highest BCUT2D eigenvalue weighted by Gasteiger charge is 2.18. The molecule has 0 aromatic heterocycles. The Kier molecular flexibility index (Phi) is 8.08. The van der Waals surface area contributed by atoms with Crippen LogP contribution in [0, 0.1) is 6.92 Å². The summed E-state index contributed by atoms with van der Waals surface area (Å²) in [5.41, 5.74) is 2.56. The Hall–Kier alpha value is -2.54. The molecule has 0 heterocycles. The van der Waals surface area contributed by atoms with Gasteiger partial charge >= 0.3 is 0 Å². The van der Waals surface area contributed by atoms with Crippen LogP contribution < -0.4 is 14.4 Å². The van der Waals surface area contributed by atoms with Crippen LogP contribution in [0.1, 0.15) is 37.8 Å². The molecule has 1 atom stereocenters. The average Bonchev–Trinajstić information content (AvgIpc) is 2.65. The molecule has 6 nitrogen and oxygen atoms in total. The van der Waals surface area contributed by atoms with Crippen LogP contribution in [0.3, 0.4) is 0 Å². The molecule has 0 aliphatic heterocycles. The monoisotopic (exact) mass is 418 g/mol. The number of rotatable bonds is 10. The van der Waals surface area contributed by atoms with Gasteiger partial charge in [0, 0.05) is 6.04 Å². The third-order valence-electron chi connectivity index (χ3n) is 4.47. The van der Waals surface area contributed by atoms with Crippen molar-refractivity contribution in [3.05, 3.63) is 59.7 Å². The lowest BCUT2D eigenvalue weighted by Gasteiger charge is -2.23. The molecule has 0 saturated heterocycles. The number of aryl methyl sites for hydroxylation is 1. The molecule has 0 radical (unpaired) electrons. The Labute approximate surface area is 173 Å². The van der Waals surface area contributed by atoms with Crippen LogP contribution in [0.2, 0.25) is 0 Å².